The maximum absolute atomic E-state index is 12.4. The Hall–Kier alpha value is -1.55. The van der Waals surface area contributed by atoms with Crippen molar-refractivity contribution in [3.05, 3.63) is 29.3 Å². The molecule has 0 spiro atoms. The molecular formula is C16H23NO3. The Morgan fingerprint density at radius 1 is 1.50 bits per heavy atom. The molecule has 0 saturated heterocycles. The first kappa shape index (κ1) is 14.9. The molecule has 2 atom stereocenters. The van der Waals surface area contributed by atoms with E-state index in [-0.39, 0.29) is 18.3 Å². The van der Waals surface area contributed by atoms with E-state index < -0.39 is 5.54 Å². The number of benzene rings is 1. The number of nitrogens with one attached hydrogen (secondary N) is 1. The highest BCUT2D eigenvalue weighted by Gasteiger charge is 2.36. The number of aliphatic hydroxyl groups is 1. The van der Waals surface area contributed by atoms with Gasteiger partial charge < -0.3 is 15.5 Å². The monoisotopic (exact) mass is 277 g/mol. The fraction of sp³-hybridized carbons (Fsp3) is 0.562. The van der Waals surface area contributed by atoms with Crippen LogP contribution in [0, 0.1) is 12.8 Å². The lowest BCUT2D eigenvalue weighted by Gasteiger charge is -2.39. The van der Waals surface area contributed by atoms with Crippen molar-refractivity contribution in [2.75, 3.05) is 6.61 Å². The molecule has 3 N–H and O–H groups in total. The molecule has 1 aromatic rings. The van der Waals surface area contributed by atoms with Crippen molar-refractivity contribution in [1.29, 1.82) is 0 Å². The molecule has 2 unspecified atom stereocenters. The number of amides is 1. The normalized spacial score (nSPS) is 26.2. The average Bonchev–Trinajstić information content (AvgIpc) is 2.41. The van der Waals surface area contributed by atoms with Crippen LogP contribution in [0.4, 0.5) is 0 Å². The maximum atomic E-state index is 12.4. The Kier molecular flexibility index (Phi) is 4.33. The molecule has 1 aliphatic rings. The lowest BCUT2D eigenvalue weighted by atomic mass is 9.76. The molecule has 1 aliphatic carbocycles. The summed E-state index contributed by atoms with van der Waals surface area (Å²) in [7, 11) is 0. The average molecular weight is 277 g/mol. The summed E-state index contributed by atoms with van der Waals surface area (Å²) in [5, 5.41) is 22.4. The minimum atomic E-state index is -0.521. The first-order valence-corrected chi connectivity index (χ1v) is 7.19. The third-order valence-corrected chi connectivity index (χ3v) is 4.32. The predicted molar refractivity (Wildman–Crippen MR) is 77.8 cm³/mol. The van der Waals surface area contributed by atoms with Gasteiger partial charge in [0.25, 0.3) is 5.91 Å². The van der Waals surface area contributed by atoms with Gasteiger partial charge >= 0.3 is 0 Å². The van der Waals surface area contributed by atoms with Crippen LogP contribution in [0.15, 0.2) is 18.2 Å². The second-order valence-electron chi connectivity index (χ2n) is 6.04. The van der Waals surface area contributed by atoms with Gasteiger partial charge in [-0.3, -0.25) is 4.79 Å². The zero-order valence-electron chi connectivity index (χ0n) is 12.1. The lowest BCUT2D eigenvalue weighted by Crippen LogP contribution is -2.54. The first-order chi connectivity index (χ1) is 9.47. The third kappa shape index (κ3) is 2.96. The zero-order chi connectivity index (χ0) is 14.8. The minimum absolute atomic E-state index is 0.0407. The van der Waals surface area contributed by atoms with Crippen LogP contribution in [0.1, 0.15) is 48.5 Å². The SMILES string of the molecule is Cc1c(O)cccc1C(=O)NC1(CO)CCCC(C)C1. The van der Waals surface area contributed by atoms with Crippen molar-refractivity contribution in [3.8, 4) is 5.75 Å². The molecule has 0 aromatic heterocycles. The van der Waals surface area contributed by atoms with E-state index >= 15 is 0 Å². The van der Waals surface area contributed by atoms with Crippen LogP contribution in [0.5, 0.6) is 5.75 Å². The summed E-state index contributed by atoms with van der Waals surface area (Å²) in [6.07, 6.45) is 3.76. The predicted octanol–water partition coefficient (Wildman–Crippen LogP) is 2.37. The van der Waals surface area contributed by atoms with Gasteiger partial charge in [-0.05, 0) is 37.8 Å². The molecular weight excluding hydrogens is 254 g/mol. The van der Waals surface area contributed by atoms with Crippen molar-refractivity contribution in [2.45, 2.75) is 45.1 Å². The molecule has 20 heavy (non-hydrogen) atoms. The smallest absolute Gasteiger partial charge is 0.252 e. The molecule has 0 radical (unpaired) electrons. The van der Waals surface area contributed by atoms with Crippen molar-refractivity contribution in [3.63, 3.8) is 0 Å². The number of aromatic hydroxyl groups is 1. The molecule has 1 aromatic carbocycles. The third-order valence-electron chi connectivity index (χ3n) is 4.32. The fourth-order valence-electron chi connectivity index (χ4n) is 3.13. The quantitative estimate of drug-likeness (QED) is 0.794. The zero-order valence-corrected chi connectivity index (χ0v) is 12.1. The largest absolute Gasteiger partial charge is 0.508 e. The molecule has 110 valence electrons. The lowest BCUT2D eigenvalue weighted by molar-refractivity contribution is 0.0696. The van der Waals surface area contributed by atoms with Gasteiger partial charge in [0.2, 0.25) is 0 Å². The molecule has 1 saturated carbocycles. The summed E-state index contributed by atoms with van der Waals surface area (Å²) in [5.74, 6) is 0.399. The summed E-state index contributed by atoms with van der Waals surface area (Å²) >= 11 is 0. The van der Waals surface area contributed by atoms with Crippen molar-refractivity contribution < 1.29 is 15.0 Å². The highest BCUT2D eigenvalue weighted by molar-refractivity contribution is 5.96. The highest BCUT2D eigenvalue weighted by Crippen LogP contribution is 2.32. The molecule has 1 amide bonds. The Morgan fingerprint density at radius 3 is 2.90 bits per heavy atom. The fourth-order valence-corrected chi connectivity index (χ4v) is 3.13. The Bertz CT molecular complexity index is 500. The van der Waals surface area contributed by atoms with E-state index in [0.29, 0.717) is 17.0 Å². The van der Waals surface area contributed by atoms with Gasteiger partial charge in [0.1, 0.15) is 5.75 Å². The van der Waals surface area contributed by atoms with Gasteiger partial charge in [0.05, 0.1) is 12.1 Å². The summed E-state index contributed by atoms with van der Waals surface area (Å²) in [5.41, 5.74) is 0.519. The summed E-state index contributed by atoms with van der Waals surface area (Å²) in [4.78, 5) is 12.4. The Labute approximate surface area is 119 Å². The maximum Gasteiger partial charge on any atom is 0.252 e. The number of carbonyl (C=O) groups is 1. The van der Waals surface area contributed by atoms with Crippen molar-refractivity contribution in [1.82, 2.24) is 5.32 Å². The van der Waals surface area contributed by atoms with Gasteiger partial charge in [0.15, 0.2) is 0 Å². The number of carbonyl (C=O) groups excluding carboxylic acids is 1. The summed E-state index contributed by atoms with van der Waals surface area (Å²) in [6, 6.07) is 4.92. The van der Waals surface area contributed by atoms with E-state index in [0.717, 1.165) is 25.7 Å². The van der Waals surface area contributed by atoms with Gasteiger partial charge in [-0.15, -0.1) is 0 Å². The van der Waals surface area contributed by atoms with E-state index in [9.17, 15) is 15.0 Å². The van der Waals surface area contributed by atoms with E-state index in [2.05, 4.69) is 12.2 Å². The second kappa shape index (κ2) is 5.83. The molecule has 0 heterocycles. The molecule has 4 nitrogen and oxygen atoms in total. The molecule has 1 fully saturated rings. The van der Waals surface area contributed by atoms with Crippen LogP contribution >= 0.6 is 0 Å². The number of phenols is 1. The number of hydrogen-bond donors (Lipinski definition) is 3. The molecule has 2 rings (SSSR count). The van der Waals surface area contributed by atoms with Crippen LogP contribution in [-0.4, -0.2) is 28.3 Å². The second-order valence-corrected chi connectivity index (χ2v) is 6.04. The topological polar surface area (TPSA) is 69.6 Å². The number of phenolic OH excluding ortho intramolecular Hbond substituents is 1. The van der Waals surface area contributed by atoms with Gasteiger partial charge in [-0.25, -0.2) is 0 Å². The van der Waals surface area contributed by atoms with E-state index in [1.807, 2.05) is 0 Å². The summed E-state index contributed by atoms with van der Waals surface area (Å²) in [6.45, 7) is 3.83. The van der Waals surface area contributed by atoms with Crippen molar-refractivity contribution >= 4 is 5.91 Å². The Balaban J connectivity index is 2.19. The van der Waals surface area contributed by atoms with E-state index in [1.165, 1.54) is 0 Å². The van der Waals surface area contributed by atoms with Crippen LogP contribution < -0.4 is 5.32 Å². The minimum Gasteiger partial charge on any atom is -0.508 e. The number of aliphatic hydroxyl groups excluding tert-OH is 1. The van der Waals surface area contributed by atoms with Gasteiger partial charge in [-0.1, -0.05) is 25.8 Å². The highest BCUT2D eigenvalue weighted by atomic mass is 16.3. The molecule has 4 heteroatoms. The Morgan fingerprint density at radius 2 is 2.25 bits per heavy atom. The van der Waals surface area contributed by atoms with Gasteiger partial charge in [-0.2, -0.15) is 0 Å². The summed E-state index contributed by atoms with van der Waals surface area (Å²) < 4.78 is 0. The number of rotatable bonds is 3. The van der Waals surface area contributed by atoms with Crippen LogP contribution in [0.3, 0.4) is 0 Å². The van der Waals surface area contributed by atoms with Gasteiger partial charge in [0, 0.05) is 11.1 Å². The van der Waals surface area contributed by atoms with Crippen LogP contribution in [0.2, 0.25) is 0 Å². The first-order valence-electron chi connectivity index (χ1n) is 7.19. The standard InChI is InChI=1S/C16H23NO3/c1-11-5-4-8-16(9-11,10-18)17-15(20)13-6-3-7-14(19)12(13)2/h3,6-7,11,18-19H,4-5,8-10H2,1-2H3,(H,17,20). The van der Waals surface area contributed by atoms with Crippen LogP contribution in [0.25, 0.3) is 0 Å². The van der Waals surface area contributed by atoms with Crippen LogP contribution in [-0.2, 0) is 0 Å². The molecule has 0 bridgehead atoms. The van der Waals surface area contributed by atoms with E-state index in [4.69, 9.17) is 0 Å². The molecule has 0 aliphatic heterocycles. The van der Waals surface area contributed by atoms with Crippen molar-refractivity contribution in [2.24, 2.45) is 5.92 Å². The number of hydrogen-bond acceptors (Lipinski definition) is 3. The van der Waals surface area contributed by atoms with E-state index in [1.54, 1.807) is 25.1 Å².